The van der Waals surface area contributed by atoms with Crippen molar-refractivity contribution in [1.82, 2.24) is 30.1 Å². The van der Waals surface area contributed by atoms with Crippen molar-refractivity contribution in [2.45, 2.75) is 45.3 Å². The van der Waals surface area contributed by atoms with Gasteiger partial charge in [0.2, 0.25) is 11.9 Å². The van der Waals surface area contributed by atoms with Crippen LogP contribution in [0.25, 0.3) is 16.9 Å². The number of anilines is 1. The average molecular weight is 642 g/mol. The Labute approximate surface area is 273 Å². The molecule has 1 amide bonds. The van der Waals surface area contributed by atoms with Crippen molar-refractivity contribution in [3.63, 3.8) is 0 Å². The molecule has 6 rings (SSSR count). The second-order valence-electron chi connectivity index (χ2n) is 12.2. The molecule has 0 aliphatic carbocycles. The highest BCUT2D eigenvalue weighted by Gasteiger charge is 2.37. The second-order valence-corrected chi connectivity index (χ2v) is 12.2. The number of para-hydroxylation sites is 1. The minimum absolute atomic E-state index is 0.0245. The number of hydroxylamine groups is 2. The largest absolute Gasteiger partial charge is 0.383 e. The monoisotopic (exact) mass is 641 g/mol. The summed E-state index contributed by atoms with van der Waals surface area (Å²) in [5, 5.41) is 9.78. The number of nitrogens with zero attached hydrogens (tertiary/aromatic N) is 6. The van der Waals surface area contributed by atoms with Crippen molar-refractivity contribution < 1.29 is 23.6 Å². The molecule has 246 valence electrons. The maximum Gasteiger partial charge on any atom is 0.217 e. The van der Waals surface area contributed by atoms with Gasteiger partial charge in [-0.3, -0.25) is 14.4 Å². The summed E-state index contributed by atoms with van der Waals surface area (Å²) in [7, 11) is 1.63. The van der Waals surface area contributed by atoms with Crippen molar-refractivity contribution in [2.24, 2.45) is 5.92 Å². The van der Waals surface area contributed by atoms with E-state index < -0.39 is 12.1 Å². The van der Waals surface area contributed by atoms with Gasteiger partial charge in [0.25, 0.3) is 0 Å². The van der Waals surface area contributed by atoms with Gasteiger partial charge in [0.15, 0.2) is 0 Å². The van der Waals surface area contributed by atoms with Crippen molar-refractivity contribution in [3.05, 3.63) is 89.8 Å². The molecule has 47 heavy (non-hydrogen) atoms. The number of halogens is 1. The molecule has 4 aromatic rings. The number of benzene rings is 1. The maximum atomic E-state index is 14.0. The summed E-state index contributed by atoms with van der Waals surface area (Å²) in [6.45, 7) is 6.59. The van der Waals surface area contributed by atoms with Crippen LogP contribution in [0.1, 0.15) is 42.7 Å². The standard InChI is InChI=1S/C35H40FN7O4/c1-23-31(19-30(45)17-27-21-42(15-16-46-3)47-35(27)25-11-13-37-32(36)18-25)43(29-7-5-4-6-8-29)40-34(23)26-9-10-33(38-20-26)41-14-12-28(22-41)39-24(2)44/h4-11,13,18,20,27-28,35H,12,14-17,19,21-22H2,1-3H3,(H,39,44)/t27-,28?,35+/m1/s1. The molecule has 5 heterocycles. The van der Waals surface area contributed by atoms with Crippen molar-refractivity contribution in [3.8, 4) is 16.9 Å². The van der Waals surface area contributed by atoms with Crippen molar-refractivity contribution in [2.75, 3.05) is 44.8 Å². The van der Waals surface area contributed by atoms with Crippen LogP contribution in [0.2, 0.25) is 0 Å². The smallest absolute Gasteiger partial charge is 0.217 e. The molecule has 2 saturated heterocycles. The Balaban J connectivity index is 1.23. The van der Waals surface area contributed by atoms with E-state index in [1.54, 1.807) is 18.2 Å². The maximum absolute atomic E-state index is 14.0. The Bertz CT molecular complexity index is 1700. The summed E-state index contributed by atoms with van der Waals surface area (Å²) in [5.74, 6) is 0.0949. The number of rotatable bonds is 12. The highest BCUT2D eigenvalue weighted by atomic mass is 19.1. The molecule has 11 nitrogen and oxygen atoms in total. The van der Waals surface area contributed by atoms with Gasteiger partial charge in [-0.05, 0) is 60.9 Å². The number of carbonyl (C=O) groups excluding carboxylic acids is 2. The number of nitrogens with one attached hydrogen (secondary N) is 1. The predicted molar refractivity (Wildman–Crippen MR) is 174 cm³/mol. The molecule has 0 radical (unpaired) electrons. The normalized spacial score (nSPS) is 19.7. The molecule has 0 spiro atoms. The van der Waals surface area contributed by atoms with E-state index in [1.165, 1.54) is 19.2 Å². The first-order chi connectivity index (χ1) is 22.8. The summed E-state index contributed by atoms with van der Waals surface area (Å²) in [6.07, 6.45) is 4.06. The predicted octanol–water partition coefficient (Wildman–Crippen LogP) is 4.24. The van der Waals surface area contributed by atoms with E-state index >= 15 is 0 Å². The van der Waals surface area contributed by atoms with E-state index in [9.17, 15) is 14.0 Å². The van der Waals surface area contributed by atoms with Crippen molar-refractivity contribution in [1.29, 1.82) is 0 Å². The van der Waals surface area contributed by atoms with E-state index in [0.717, 1.165) is 47.0 Å². The van der Waals surface area contributed by atoms with Gasteiger partial charge >= 0.3 is 0 Å². The van der Waals surface area contributed by atoms with Gasteiger partial charge in [-0.15, -0.1) is 0 Å². The third-order valence-electron chi connectivity index (χ3n) is 8.79. The Morgan fingerprint density at radius 1 is 1.11 bits per heavy atom. The van der Waals surface area contributed by atoms with E-state index in [4.69, 9.17) is 19.7 Å². The first-order valence-electron chi connectivity index (χ1n) is 15.9. The van der Waals surface area contributed by atoms with Crippen LogP contribution in [0.15, 0.2) is 67.0 Å². The van der Waals surface area contributed by atoms with E-state index in [1.807, 2.05) is 60.3 Å². The van der Waals surface area contributed by atoms with Crippen molar-refractivity contribution >= 4 is 17.5 Å². The zero-order chi connectivity index (χ0) is 32.9. The minimum Gasteiger partial charge on any atom is -0.383 e. The van der Waals surface area contributed by atoms with Crippen LogP contribution in [0, 0.1) is 18.8 Å². The SMILES string of the molecule is COCCN1C[C@@H](CC(=O)Cc2c(C)c(-c3ccc(N4CCC(NC(C)=O)C4)nc3)nn2-c2ccccc2)[C@H](c2ccnc(F)c2)O1. The number of pyridine rings is 2. The van der Waals surface area contributed by atoms with Gasteiger partial charge in [-0.2, -0.15) is 14.6 Å². The number of hydrogen-bond acceptors (Lipinski definition) is 9. The molecule has 1 N–H and O–H groups in total. The van der Waals surface area contributed by atoms with Gasteiger partial charge in [-0.25, -0.2) is 14.6 Å². The lowest BCUT2D eigenvalue weighted by Gasteiger charge is -2.18. The topological polar surface area (TPSA) is 115 Å². The van der Waals surface area contributed by atoms with E-state index in [0.29, 0.717) is 31.8 Å². The summed E-state index contributed by atoms with van der Waals surface area (Å²) in [6, 6.07) is 17.0. The number of hydrogen-bond donors (Lipinski definition) is 1. The van der Waals surface area contributed by atoms with Crippen LogP contribution in [0.4, 0.5) is 10.2 Å². The average Bonchev–Trinajstić information content (AvgIpc) is 3.78. The molecular formula is C35H40FN7O4. The molecule has 2 fully saturated rings. The van der Waals surface area contributed by atoms with E-state index in [2.05, 4.69) is 15.2 Å². The third-order valence-corrected chi connectivity index (χ3v) is 8.79. The fraction of sp³-hybridized carbons (Fsp3) is 0.400. The third kappa shape index (κ3) is 7.56. The summed E-state index contributed by atoms with van der Waals surface area (Å²) in [4.78, 5) is 42.1. The van der Waals surface area contributed by atoms with Crippen LogP contribution in [0.3, 0.4) is 0 Å². The number of methoxy groups -OCH3 is 1. The molecule has 0 saturated carbocycles. The lowest BCUT2D eigenvalue weighted by molar-refractivity contribution is -0.155. The summed E-state index contributed by atoms with van der Waals surface area (Å²) in [5.41, 5.74) is 4.83. The lowest BCUT2D eigenvalue weighted by Crippen LogP contribution is -2.35. The zero-order valence-electron chi connectivity index (χ0n) is 26.9. The molecule has 2 aliphatic heterocycles. The number of ketones is 1. The number of Topliss-reactive ketones (excluding diaryl/α,β-unsaturated/α-hetero) is 1. The van der Waals surface area contributed by atoms with Gasteiger partial charge in [-0.1, -0.05) is 18.2 Å². The first-order valence-corrected chi connectivity index (χ1v) is 15.9. The Morgan fingerprint density at radius 2 is 1.94 bits per heavy atom. The number of amides is 1. The Morgan fingerprint density at radius 3 is 2.66 bits per heavy atom. The van der Waals surface area contributed by atoms with Crippen LogP contribution in [-0.2, 0) is 25.6 Å². The van der Waals surface area contributed by atoms with Gasteiger partial charge in [0.1, 0.15) is 17.7 Å². The molecule has 3 aromatic heterocycles. The molecule has 1 unspecified atom stereocenters. The van der Waals surface area contributed by atoms with Gasteiger partial charge < -0.3 is 15.0 Å². The second kappa shape index (κ2) is 14.5. The number of carbonyl (C=O) groups is 2. The quantitative estimate of drug-likeness (QED) is 0.227. The lowest BCUT2D eigenvalue weighted by atomic mass is 9.91. The minimum atomic E-state index is -0.585. The van der Waals surface area contributed by atoms with E-state index in [-0.39, 0.29) is 36.5 Å². The number of aromatic nitrogens is 4. The molecule has 0 bridgehead atoms. The Kier molecular flexibility index (Phi) is 10.00. The highest BCUT2D eigenvalue weighted by molar-refractivity contribution is 5.82. The van der Waals surface area contributed by atoms with Gasteiger partial charge in [0.05, 0.1) is 23.7 Å². The Hall–Kier alpha value is -4.52. The van der Waals surface area contributed by atoms with Crippen LogP contribution in [0.5, 0.6) is 0 Å². The summed E-state index contributed by atoms with van der Waals surface area (Å²) >= 11 is 0. The first kappa shape index (κ1) is 32.4. The zero-order valence-corrected chi connectivity index (χ0v) is 26.9. The summed E-state index contributed by atoms with van der Waals surface area (Å²) < 4.78 is 21.1. The number of ether oxygens (including phenoxy) is 1. The highest BCUT2D eigenvalue weighted by Crippen LogP contribution is 2.37. The van der Waals surface area contributed by atoms with Gasteiger partial charge in [0, 0.05) is 83.0 Å². The fourth-order valence-corrected chi connectivity index (χ4v) is 6.52. The molecule has 12 heteroatoms. The van der Waals surface area contributed by atoms with Crippen LogP contribution in [-0.4, -0.2) is 82.4 Å². The molecular weight excluding hydrogens is 601 g/mol. The molecule has 1 aromatic carbocycles. The van der Waals surface area contributed by atoms with Crippen LogP contribution >= 0.6 is 0 Å². The fourth-order valence-electron chi connectivity index (χ4n) is 6.52. The molecule has 2 aliphatic rings. The molecule has 3 atom stereocenters. The van der Waals surface area contributed by atoms with Crippen LogP contribution < -0.4 is 10.2 Å².